The molecular formula is C14H18O6. The molecule has 0 amide bonds. The number of hydrogen-bond acceptors (Lipinski definition) is 5. The molecule has 0 saturated heterocycles. The number of esters is 1. The van der Waals surface area contributed by atoms with E-state index in [2.05, 4.69) is 4.74 Å². The quantitative estimate of drug-likeness (QED) is 0.684. The summed E-state index contributed by atoms with van der Waals surface area (Å²) in [5, 5.41) is 28.5. The van der Waals surface area contributed by atoms with Crippen LogP contribution < -0.4 is 0 Å². The summed E-state index contributed by atoms with van der Waals surface area (Å²) >= 11 is 0. The molecule has 20 heavy (non-hydrogen) atoms. The fourth-order valence-electron chi connectivity index (χ4n) is 1.65. The highest BCUT2D eigenvalue weighted by Crippen LogP contribution is 2.26. The maximum absolute atomic E-state index is 11.1. The molecule has 0 saturated carbocycles. The van der Waals surface area contributed by atoms with E-state index in [0.29, 0.717) is 11.1 Å². The summed E-state index contributed by atoms with van der Waals surface area (Å²) in [5.41, 5.74) is -0.217. The molecule has 6 nitrogen and oxygen atoms in total. The zero-order chi connectivity index (χ0) is 15.5. The average molecular weight is 282 g/mol. The van der Waals surface area contributed by atoms with E-state index in [0.717, 1.165) is 7.11 Å². The predicted octanol–water partition coefficient (Wildman–Crippen LogP) is 0.616. The van der Waals surface area contributed by atoms with Crippen molar-refractivity contribution in [1.29, 1.82) is 0 Å². The average Bonchev–Trinajstić information content (AvgIpc) is 2.44. The number of benzene rings is 1. The molecule has 1 aromatic rings. The minimum atomic E-state index is -1.68. The Balaban J connectivity index is 2.97. The summed E-state index contributed by atoms with van der Waals surface area (Å²) < 4.78 is 4.34. The smallest absolute Gasteiger partial charge is 0.337 e. The van der Waals surface area contributed by atoms with Gasteiger partial charge in [-0.3, -0.25) is 4.79 Å². The Hall–Kier alpha value is -1.92. The zero-order valence-electron chi connectivity index (χ0n) is 11.5. The second-order valence-electron chi connectivity index (χ2n) is 4.96. The maximum atomic E-state index is 11.1. The number of carboxylic acid groups (broad SMARTS) is 1. The van der Waals surface area contributed by atoms with Gasteiger partial charge in [0.05, 0.1) is 12.5 Å². The number of aliphatic carboxylic acids is 1. The van der Waals surface area contributed by atoms with Crippen LogP contribution in [0.4, 0.5) is 0 Å². The fraction of sp³-hybridized carbons (Fsp3) is 0.429. The first-order valence-corrected chi connectivity index (χ1v) is 5.99. The Kier molecular flexibility index (Phi) is 4.86. The number of aliphatic hydroxyl groups excluding tert-OH is 2. The summed E-state index contributed by atoms with van der Waals surface area (Å²) in [4.78, 5) is 22.3. The summed E-state index contributed by atoms with van der Waals surface area (Å²) in [6, 6.07) is 6.01. The van der Waals surface area contributed by atoms with Crippen LogP contribution in [0.25, 0.3) is 0 Å². The second kappa shape index (κ2) is 6.02. The van der Waals surface area contributed by atoms with Gasteiger partial charge in [-0.05, 0) is 25.0 Å². The van der Waals surface area contributed by atoms with Gasteiger partial charge in [-0.1, -0.05) is 24.3 Å². The lowest BCUT2D eigenvalue weighted by atomic mass is 9.84. The molecule has 1 rings (SSSR count). The van der Waals surface area contributed by atoms with E-state index in [4.69, 9.17) is 5.11 Å². The van der Waals surface area contributed by atoms with E-state index < -0.39 is 29.6 Å². The molecule has 0 aliphatic carbocycles. The molecule has 0 aromatic heterocycles. The third kappa shape index (κ3) is 3.15. The third-order valence-electron chi connectivity index (χ3n) is 3.25. The molecular weight excluding hydrogens is 264 g/mol. The highest BCUT2D eigenvalue weighted by Gasteiger charge is 2.30. The maximum Gasteiger partial charge on any atom is 0.337 e. The van der Waals surface area contributed by atoms with Crippen LogP contribution in [-0.4, -0.2) is 40.5 Å². The number of carbonyl (C=O) groups excluding carboxylic acids is 1. The van der Waals surface area contributed by atoms with Crippen LogP contribution >= 0.6 is 0 Å². The molecule has 0 bridgehead atoms. The highest BCUT2D eigenvalue weighted by molar-refractivity contribution is 5.80. The monoisotopic (exact) mass is 282 g/mol. The summed E-state index contributed by atoms with van der Waals surface area (Å²) in [6.45, 7) is 3.12. The number of rotatable bonds is 5. The molecule has 0 fully saturated rings. The first kappa shape index (κ1) is 16.1. The molecule has 110 valence electrons. The number of hydrogen-bond donors (Lipinski definition) is 3. The summed E-state index contributed by atoms with van der Waals surface area (Å²) in [7, 11) is 1.11. The number of carboxylic acids is 1. The van der Waals surface area contributed by atoms with E-state index in [1.54, 1.807) is 13.8 Å². The van der Waals surface area contributed by atoms with Crippen LogP contribution in [0.5, 0.6) is 0 Å². The minimum Gasteiger partial charge on any atom is -0.481 e. The highest BCUT2D eigenvalue weighted by atomic mass is 16.5. The molecule has 0 aliphatic rings. The zero-order valence-corrected chi connectivity index (χ0v) is 11.5. The van der Waals surface area contributed by atoms with Gasteiger partial charge in [-0.2, -0.15) is 0 Å². The van der Waals surface area contributed by atoms with Gasteiger partial charge in [0.2, 0.25) is 0 Å². The standard InChI is InChI=1S/C14H18O6/c1-14(2,13(18)19)9-6-4-8(5-7-9)10(15)11(16)12(17)20-3/h4-7,10-11,15-16H,1-3H3,(H,18,19). The number of aliphatic hydroxyl groups is 2. The van der Waals surface area contributed by atoms with Gasteiger partial charge < -0.3 is 20.1 Å². The van der Waals surface area contributed by atoms with Gasteiger partial charge in [-0.25, -0.2) is 4.79 Å². The predicted molar refractivity (Wildman–Crippen MR) is 70.1 cm³/mol. The second-order valence-corrected chi connectivity index (χ2v) is 4.96. The Labute approximate surface area is 116 Å². The fourth-order valence-corrected chi connectivity index (χ4v) is 1.65. The van der Waals surface area contributed by atoms with Crippen LogP contribution in [-0.2, 0) is 19.7 Å². The summed E-state index contributed by atoms with van der Waals surface area (Å²) in [6.07, 6.45) is -3.11. The topological polar surface area (TPSA) is 104 Å². The number of carbonyl (C=O) groups is 2. The normalized spacial score (nSPS) is 14.4. The van der Waals surface area contributed by atoms with Gasteiger partial charge in [0.1, 0.15) is 6.10 Å². The molecule has 0 aliphatic heterocycles. The molecule has 0 heterocycles. The molecule has 6 heteroatoms. The van der Waals surface area contributed by atoms with Crippen molar-refractivity contribution < 1.29 is 29.6 Å². The lowest BCUT2D eigenvalue weighted by molar-refractivity contribution is -0.156. The van der Waals surface area contributed by atoms with Crippen molar-refractivity contribution in [3.05, 3.63) is 35.4 Å². The molecule has 1 aromatic carbocycles. The first-order chi connectivity index (χ1) is 9.21. The Bertz CT molecular complexity index is 491. The number of methoxy groups -OCH3 is 1. The van der Waals surface area contributed by atoms with Crippen LogP contribution in [0, 0.1) is 0 Å². The molecule has 0 radical (unpaired) electrons. The van der Waals surface area contributed by atoms with Crippen LogP contribution in [0.15, 0.2) is 24.3 Å². The van der Waals surface area contributed by atoms with Crippen molar-refractivity contribution in [1.82, 2.24) is 0 Å². The van der Waals surface area contributed by atoms with Crippen molar-refractivity contribution in [2.45, 2.75) is 31.5 Å². The van der Waals surface area contributed by atoms with Gasteiger partial charge in [0.15, 0.2) is 6.10 Å². The van der Waals surface area contributed by atoms with Gasteiger partial charge in [0, 0.05) is 0 Å². The van der Waals surface area contributed by atoms with Crippen molar-refractivity contribution in [2.24, 2.45) is 0 Å². The molecule has 2 unspecified atom stereocenters. The molecule has 2 atom stereocenters. The van der Waals surface area contributed by atoms with E-state index in [-0.39, 0.29) is 0 Å². The minimum absolute atomic E-state index is 0.299. The Morgan fingerprint density at radius 2 is 1.65 bits per heavy atom. The third-order valence-corrected chi connectivity index (χ3v) is 3.25. The van der Waals surface area contributed by atoms with Crippen molar-refractivity contribution in [3.8, 4) is 0 Å². The van der Waals surface area contributed by atoms with Gasteiger partial charge >= 0.3 is 11.9 Å². The Morgan fingerprint density at radius 1 is 1.15 bits per heavy atom. The summed E-state index contributed by atoms with van der Waals surface area (Å²) in [5.74, 6) is -1.91. The molecule has 3 N–H and O–H groups in total. The lowest BCUT2D eigenvalue weighted by Gasteiger charge is -2.21. The lowest BCUT2D eigenvalue weighted by Crippen LogP contribution is -2.30. The number of ether oxygens (including phenoxy) is 1. The van der Waals surface area contributed by atoms with Crippen LogP contribution in [0.2, 0.25) is 0 Å². The van der Waals surface area contributed by atoms with Gasteiger partial charge in [0.25, 0.3) is 0 Å². The first-order valence-electron chi connectivity index (χ1n) is 5.99. The Morgan fingerprint density at radius 3 is 2.05 bits per heavy atom. The van der Waals surface area contributed by atoms with E-state index >= 15 is 0 Å². The van der Waals surface area contributed by atoms with Crippen LogP contribution in [0.1, 0.15) is 31.1 Å². The van der Waals surface area contributed by atoms with E-state index in [9.17, 15) is 19.8 Å². The largest absolute Gasteiger partial charge is 0.481 e. The SMILES string of the molecule is COC(=O)C(O)C(O)c1ccc(C(C)(C)C(=O)O)cc1. The van der Waals surface area contributed by atoms with E-state index in [1.165, 1.54) is 24.3 Å². The molecule has 0 spiro atoms. The van der Waals surface area contributed by atoms with Gasteiger partial charge in [-0.15, -0.1) is 0 Å². The van der Waals surface area contributed by atoms with Crippen LogP contribution in [0.3, 0.4) is 0 Å². The van der Waals surface area contributed by atoms with E-state index in [1.807, 2.05) is 0 Å². The van der Waals surface area contributed by atoms with Crippen molar-refractivity contribution in [2.75, 3.05) is 7.11 Å². The van der Waals surface area contributed by atoms with Crippen molar-refractivity contribution in [3.63, 3.8) is 0 Å². The van der Waals surface area contributed by atoms with Crippen molar-refractivity contribution >= 4 is 11.9 Å².